The SMILES string of the molecule is CCCCCCCCCCCCCCCCCC(=O)OC[C@@]1(C)CC[C@]2(C)CC[C@]3(C)C(=CC(=O)[C@H]4[C@@]5(C)CC[C@H](O)C(C)(C)[C@@H]5CC[C@]43C)[C@H]2C1. The van der Waals surface area contributed by atoms with Crippen LogP contribution in [0.3, 0.4) is 0 Å². The summed E-state index contributed by atoms with van der Waals surface area (Å²) in [5.41, 5.74) is 1.24. The number of carbonyl (C=O) groups excluding carboxylic acids is 2. The molecule has 5 aliphatic rings. The molecule has 0 heterocycles. The van der Waals surface area contributed by atoms with Gasteiger partial charge in [-0.25, -0.2) is 0 Å². The molecule has 52 heavy (non-hydrogen) atoms. The molecule has 1 N–H and O–H groups in total. The number of unbranched alkanes of at least 4 members (excludes halogenated alkanes) is 14. The van der Waals surface area contributed by atoms with Crippen molar-refractivity contribution in [2.24, 2.45) is 50.2 Å². The van der Waals surface area contributed by atoms with Gasteiger partial charge >= 0.3 is 5.97 Å². The summed E-state index contributed by atoms with van der Waals surface area (Å²) in [7, 11) is 0. The molecule has 0 radical (unpaired) electrons. The van der Waals surface area contributed by atoms with E-state index >= 15 is 0 Å². The first-order chi connectivity index (χ1) is 24.6. The first kappa shape index (κ1) is 42.0. The van der Waals surface area contributed by atoms with E-state index in [0.717, 1.165) is 64.2 Å². The standard InChI is InChI=1S/C48H82O4/c1-9-10-11-12-13-14-15-16-17-18-19-20-21-22-23-24-41(51)52-35-44(4)29-30-45(5)31-32-47(7)36(37(45)34-44)33-38(49)42-46(6)27-26-40(50)43(2,3)39(46)25-28-48(42,47)8/h33,37,39-40,42,50H,9-32,34-35H2,1-8H3/t37-,39+,40+,42+,44+,45-,46+,47-,48-/m1/s1. The Morgan fingerprint density at radius 2 is 1.29 bits per heavy atom. The molecule has 298 valence electrons. The lowest BCUT2D eigenvalue weighted by Crippen LogP contribution is -2.66. The molecule has 9 atom stereocenters. The Kier molecular flexibility index (Phi) is 13.7. The number of ketones is 1. The first-order valence-electron chi connectivity index (χ1n) is 22.7. The van der Waals surface area contributed by atoms with Crippen LogP contribution in [0.25, 0.3) is 0 Å². The Hall–Kier alpha value is -1.16. The number of esters is 1. The van der Waals surface area contributed by atoms with Gasteiger partial charge in [0.15, 0.2) is 5.78 Å². The second-order valence-electron chi connectivity index (χ2n) is 21.2. The highest BCUT2D eigenvalue weighted by Crippen LogP contribution is 2.75. The number of ether oxygens (including phenoxy) is 1. The predicted molar refractivity (Wildman–Crippen MR) is 216 cm³/mol. The normalized spacial score (nSPS) is 39.5. The second-order valence-corrected chi connectivity index (χ2v) is 21.2. The quantitative estimate of drug-likeness (QED) is 0.113. The van der Waals surface area contributed by atoms with E-state index in [1.165, 1.54) is 95.5 Å². The fourth-order valence-corrected chi connectivity index (χ4v) is 13.3. The van der Waals surface area contributed by atoms with Crippen molar-refractivity contribution in [3.8, 4) is 0 Å². The van der Waals surface area contributed by atoms with Crippen molar-refractivity contribution < 1.29 is 19.4 Å². The Balaban J connectivity index is 1.09. The average molecular weight is 723 g/mol. The van der Waals surface area contributed by atoms with Crippen LogP contribution >= 0.6 is 0 Å². The van der Waals surface area contributed by atoms with Crippen LogP contribution in [0.2, 0.25) is 0 Å². The monoisotopic (exact) mass is 723 g/mol. The molecular formula is C48H82O4. The Morgan fingerprint density at radius 3 is 1.88 bits per heavy atom. The second kappa shape index (κ2) is 16.9. The smallest absolute Gasteiger partial charge is 0.305 e. The zero-order valence-corrected chi connectivity index (χ0v) is 35.4. The Labute approximate surface area is 320 Å². The molecule has 0 aromatic heterocycles. The van der Waals surface area contributed by atoms with Crippen molar-refractivity contribution in [1.82, 2.24) is 0 Å². The Bertz CT molecular complexity index is 1250. The minimum absolute atomic E-state index is 0.00752. The molecule has 4 nitrogen and oxygen atoms in total. The largest absolute Gasteiger partial charge is 0.465 e. The van der Waals surface area contributed by atoms with E-state index in [4.69, 9.17) is 4.74 Å². The van der Waals surface area contributed by atoms with Crippen molar-refractivity contribution in [1.29, 1.82) is 0 Å². The summed E-state index contributed by atoms with van der Waals surface area (Å²) in [6.07, 6.45) is 31.8. The maximum absolute atomic E-state index is 14.6. The van der Waals surface area contributed by atoms with Gasteiger partial charge in [-0.15, -0.1) is 0 Å². The van der Waals surface area contributed by atoms with E-state index in [1.54, 1.807) is 0 Å². The van der Waals surface area contributed by atoms with Gasteiger partial charge in [0.25, 0.3) is 0 Å². The van der Waals surface area contributed by atoms with Crippen LogP contribution in [0.1, 0.15) is 216 Å². The topological polar surface area (TPSA) is 63.6 Å². The minimum Gasteiger partial charge on any atom is -0.465 e. The van der Waals surface area contributed by atoms with Gasteiger partial charge in [-0.05, 0) is 109 Å². The number of rotatable bonds is 18. The predicted octanol–water partition coefficient (Wildman–Crippen LogP) is 13.1. The van der Waals surface area contributed by atoms with Crippen molar-refractivity contribution in [2.75, 3.05) is 6.61 Å². The molecular weight excluding hydrogens is 641 g/mol. The summed E-state index contributed by atoms with van der Waals surface area (Å²) in [6, 6.07) is 0. The van der Waals surface area contributed by atoms with Crippen molar-refractivity contribution in [3.05, 3.63) is 11.6 Å². The third-order valence-electron chi connectivity index (χ3n) is 17.2. The lowest BCUT2D eigenvalue weighted by Gasteiger charge is -2.70. The number of aliphatic hydroxyl groups is 1. The summed E-state index contributed by atoms with van der Waals surface area (Å²) in [4.78, 5) is 27.6. The molecule has 0 aliphatic heterocycles. The lowest BCUT2D eigenvalue weighted by molar-refractivity contribution is -0.202. The maximum atomic E-state index is 14.6. The number of allylic oxidation sites excluding steroid dienone is 2. The van der Waals surface area contributed by atoms with E-state index < -0.39 is 0 Å². The summed E-state index contributed by atoms with van der Waals surface area (Å²) in [6.45, 7) is 19.5. The number of fused-ring (bicyclic) bond motifs is 7. The molecule has 5 aliphatic carbocycles. The lowest BCUT2D eigenvalue weighted by atomic mass is 9.33. The van der Waals surface area contributed by atoms with Crippen molar-refractivity contribution in [3.63, 3.8) is 0 Å². The van der Waals surface area contributed by atoms with Crippen LogP contribution < -0.4 is 0 Å². The fourth-order valence-electron chi connectivity index (χ4n) is 13.3. The van der Waals surface area contributed by atoms with Gasteiger partial charge in [0.2, 0.25) is 0 Å². The van der Waals surface area contributed by atoms with Crippen LogP contribution in [-0.4, -0.2) is 29.6 Å². The van der Waals surface area contributed by atoms with Gasteiger partial charge in [0.1, 0.15) is 0 Å². The average Bonchev–Trinajstić information content (AvgIpc) is 3.09. The summed E-state index contributed by atoms with van der Waals surface area (Å²) < 4.78 is 6.06. The molecule has 5 rings (SSSR count). The third-order valence-corrected chi connectivity index (χ3v) is 17.2. The van der Waals surface area contributed by atoms with E-state index in [0.29, 0.717) is 30.6 Å². The van der Waals surface area contributed by atoms with Crippen molar-refractivity contribution in [2.45, 2.75) is 222 Å². The van der Waals surface area contributed by atoms with Crippen LogP contribution in [0.5, 0.6) is 0 Å². The minimum atomic E-state index is -0.288. The zero-order chi connectivity index (χ0) is 37.8. The van der Waals surface area contributed by atoms with Crippen LogP contribution in [0, 0.1) is 50.2 Å². The fraction of sp³-hybridized carbons (Fsp3) is 0.917. The molecule has 0 saturated heterocycles. The summed E-state index contributed by atoms with van der Waals surface area (Å²) in [5, 5.41) is 11.0. The van der Waals surface area contributed by atoms with Crippen LogP contribution in [-0.2, 0) is 14.3 Å². The van der Waals surface area contributed by atoms with E-state index in [9.17, 15) is 14.7 Å². The van der Waals surface area contributed by atoms with Crippen molar-refractivity contribution >= 4 is 11.8 Å². The summed E-state index contributed by atoms with van der Waals surface area (Å²) in [5.74, 6) is 1.07. The van der Waals surface area contributed by atoms with E-state index in [1.807, 2.05) is 0 Å². The molecule has 4 fully saturated rings. The molecule has 0 aromatic carbocycles. The highest BCUT2D eigenvalue weighted by atomic mass is 16.5. The van der Waals surface area contributed by atoms with E-state index in [2.05, 4.69) is 61.5 Å². The van der Waals surface area contributed by atoms with Gasteiger partial charge in [-0.2, -0.15) is 0 Å². The third kappa shape index (κ3) is 8.33. The molecule has 0 aromatic rings. The number of hydrogen-bond donors (Lipinski definition) is 1. The van der Waals surface area contributed by atoms with Gasteiger partial charge in [0, 0.05) is 17.8 Å². The van der Waals surface area contributed by atoms with Gasteiger partial charge in [-0.1, -0.05) is 151 Å². The van der Waals surface area contributed by atoms with Crippen LogP contribution in [0.4, 0.5) is 0 Å². The molecule has 4 heteroatoms. The highest BCUT2D eigenvalue weighted by Gasteiger charge is 2.70. The van der Waals surface area contributed by atoms with Crippen LogP contribution in [0.15, 0.2) is 11.6 Å². The zero-order valence-electron chi connectivity index (χ0n) is 35.4. The molecule has 0 bridgehead atoms. The summed E-state index contributed by atoms with van der Waals surface area (Å²) >= 11 is 0. The van der Waals surface area contributed by atoms with Gasteiger partial charge < -0.3 is 9.84 Å². The van der Waals surface area contributed by atoms with Gasteiger partial charge in [-0.3, -0.25) is 9.59 Å². The number of hydrogen-bond acceptors (Lipinski definition) is 4. The number of carbonyl (C=O) groups is 2. The maximum Gasteiger partial charge on any atom is 0.305 e. The first-order valence-corrected chi connectivity index (χ1v) is 22.7. The van der Waals surface area contributed by atoms with Gasteiger partial charge in [0.05, 0.1) is 12.7 Å². The molecule has 4 saturated carbocycles. The van der Waals surface area contributed by atoms with E-state index in [-0.39, 0.29) is 50.5 Å². The molecule has 0 amide bonds. The number of aliphatic hydroxyl groups excluding tert-OH is 1. The molecule has 0 unspecified atom stereocenters. The Morgan fingerprint density at radius 1 is 0.731 bits per heavy atom. The highest BCUT2D eigenvalue weighted by molar-refractivity contribution is 5.95. The molecule has 0 spiro atoms.